The van der Waals surface area contributed by atoms with Crippen LogP contribution in [0.1, 0.15) is 83.5 Å². The molecule has 0 aromatic rings. The minimum Gasteiger partial charge on any atom is -0.481 e. The van der Waals surface area contributed by atoms with Crippen molar-refractivity contribution in [3.8, 4) is 0 Å². The van der Waals surface area contributed by atoms with E-state index >= 15 is 0 Å². The molecule has 0 saturated heterocycles. The summed E-state index contributed by atoms with van der Waals surface area (Å²) in [6.45, 7) is 0. The molecule has 0 amide bonds. The van der Waals surface area contributed by atoms with Crippen LogP contribution in [0.2, 0.25) is 0 Å². The molecule has 0 bridgehead atoms. The summed E-state index contributed by atoms with van der Waals surface area (Å²) in [4.78, 5) is 10.7. The van der Waals surface area contributed by atoms with Gasteiger partial charge in [-0.2, -0.15) is 0 Å². The normalized spacial score (nSPS) is 24.9. The number of carbonyl (C=O) groups is 1. The first-order valence-electron chi connectivity index (χ1n) is 7.95. The third-order valence-corrected chi connectivity index (χ3v) is 5.39. The number of hydrogen-bond donors (Lipinski definition) is 1. The smallest absolute Gasteiger partial charge is 0.303 e. The maximum absolute atomic E-state index is 10.7. The van der Waals surface area contributed by atoms with Crippen molar-refractivity contribution in [3.05, 3.63) is 0 Å². The predicted octanol–water partition coefficient (Wildman–Crippen LogP) is 4.77. The van der Waals surface area contributed by atoms with Crippen LogP contribution in [0.15, 0.2) is 0 Å². The Morgan fingerprint density at radius 2 is 1.61 bits per heavy atom. The molecule has 0 unspecified atom stereocenters. The molecule has 2 aliphatic rings. The Balaban J connectivity index is 1.94. The van der Waals surface area contributed by atoms with Gasteiger partial charge in [0.1, 0.15) is 0 Å². The van der Waals surface area contributed by atoms with E-state index in [0.29, 0.717) is 11.8 Å². The van der Waals surface area contributed by atoms with E-state index in [-0.39, 0.29) is 0 Å². The van der Waals surface area contributed by atoms with Crippen LogP contribution in [-0.2, 0) is 4.79 Å². The van der Waals surface area contributed by atoms with Crippen molar-refractivity contribution < 1.29 is 9.90 Å². The lowest BCUT2D eigenvalue weighted by atomic mass is 9.60. The van der Waals surface area contributed by atoms with Gasteiger partial charge in [-0.3, -0.25) is 4.79 Å². The standard InChI is InChI=1S/C16H28O2/c17-15(18)10-7-13-16(11-5-2-6-12-16)14-8-3-1-4-9-14/h14H,1-13H2,(H,17,18). The fourth-order valence-corrected chi connectivity index (χ4v) is 4.42. The molecule has 0 aromatic heterocycles. The first-order valence-corrected chi connectivity index (χ1v) is 7.95. The topological polar surface area (TPSA) is 37.3 Å². The molecule has 2 heteroatoms. The van der Waals surface area contributed by atoms with Gasteiger partial charge in [0, 0.05) is 6.42 Å². The molecule has 18 heavy (non-hydrogen) atoms. The van der Waals surface area contributed by atoms with Crippen LogP contribution in [0.4, 0.5) is 0 Å². The molecule has 0 spiro atoms. The van der Waals surface area contributed by atoms with Gasteiger partial charge in [-0.25, -0.2) is 0 Å². The van der Waals surface area contributed by atoms with E-state index in [0.717, 1.165) is 12.3 Å². The van der Waals surface area contributed by atoms with Gasteiger partial charge in [-0.1, -0.05) is 38.5 Å². The van der Waals surface area contributed by atoms with Crippen LogP contribution in [0.3, 0.4) is 0 Å². The van der Waals surface area contributed by atoms with Gasteiger partial charge in [0.05, 0.1) is 0 Å². The van der Waals surface area contributed by atoms with Crippen LogP contribution in [0, 0.1) is 11.3 Å². The lowest BCUT2D eigenvalue weighted by Crippen LogP contribution is -2.34. The van der Waals surface area contributed by atoms with Crippen molar-refractivity contribution >= 4 is 5.97 Å². The van der Waals surface area contributed by atoms with Crippen molar-refractivity contribution in [3.63, 3.8) is 0 Å². The molecule has 104 valence electrons. The Bertz CT molecular complexity index is 260. The van der Waals surface area contributed by atoms with Gasteiger partial charge >= 0.3 is 5.97 Å². The molecule has 0 atom stereocenters. The van der Waals surface area contributed by atoms with Crippen LogP contribution in [-0.4, -0.2) is 11.1 Å². The second kappa shape index (κ2) is 6.58. The minimum atomic E-state index is -0.621. The second-order valence-corrected chi connectivity index (χ2v) is 6.51. The van der Waals surface area contributed by atoms with E-state index < -0.39 is 5.97 Å². The van der Waals surface area contributed by atoms with Crippen molar-refractivity contribution in [2.24, 2.45) is 11.3 Å². The van der Waals surface area contributed by atoms with Crippen LogP contribution >= 0.6 is 0 Å². The Hall–Kier alpha value is -0.530. The van der Waals surface area contributed by atoms with Crippen LogP contribution in [0.5, 0.6) is 0 Å². The van der Waals surface area contributed by atoms with E-state index in [4.69, 9.17) is 5.11 Å². The first kappa shape index (κ1) is 13.9. The SMILES string of the molecule is O=C(O)CCCC1(C2CCCCC2)CCCCC1. The van der Waals surface area contributed by atoms with Gasteiger partial charge in [0.15, 0.2) is 0 Å². The average Bonchev–Trinajstić information content (AvgIpc) is 2.40. The highest BCUT2D eigenvalue weighted by Crippen LogP contribution is 2.51. The van der Waals surface area contributed by atoms with Gasteiger partial charge in [0.25, 0.3) is 0 Å². The lowest BCUT2D eigenvalue weighted by Gasteiger charge is -2.46. The highest BCUT2D eigenvalue weighted by Gasteiger charge is 2.39. The zero-order chi connectivity index (χ0) is 12.8. The van der Waals surface area contributed by atoms with Gasteiger partial charge in [-0.15, -0.1) is 0 Å². The predicted molar refractivity (Wildman–Crippen MR) is 73.6 cm³/mol. The Morgan fingerprint density at radius 1 is 1.00 bits per heavy atom. The summed E-state index contributed by atoms with van der Waals surface area (Å²) in [5, 5.41) is 8.84. The van der Waals surface area contributed by atoms with Crippen LogP contribution in [0.25, 0.3) is 0 Å². The number of hydrogen-bond acceptors (Lipinski definition) is 1. The number of carboxylic acids is 1. The summed E-state index contributed by atoms with van der Waals surface area (Å²) < 4.78 is 0. The summed E-state index contributed by atoms with van der Waals surface area (Å²) >= 11 is 0. The summed E-state index contributed by atoms with van der Waals surface area (Å²) in [7, 11) is 0. The molecule has 1 N–H and O–H groups in total. The van der Waals surface area contributed by atoms with Gasteiger partial charge in [0.2, 0.25) is 0 Å². The third kappa shape index (κ3) is 3.49. The Kier molecular flexibility index (Phi) is 5.08. The van der Waals surface area contributed by atoms with Gasteiger partial charge in [-0.05, 0) is 49.9 Å². The molecule has 0 aliphatic heterocycles. The minimum absolute atomic E-state index is 0.370. The van der Waals surface area contributed by atoms with E-state index in [1.807, 2.05) is 0 Å². The molecular formula is C16H28O2. The zero-order valence-corrected chi connectivity index (χ0v) is 11.6. The number of aliphatic carboxylic acids is 1. The van der Waals surface area contributed by atoms with E-state index in [9.17, 15) is 4.79 Å². The molecule has 2 aliphatic carbocycles. The molecule has 0 radical (unpaired) electrons. The maximum atomic E-state index is 10.7. The lowest BCUT2D eigenvalue weighted by molar-refractivity contribution is -0.137. The zero-order valence-electron chi connectivity index (χ0n) is 11.6. The van der Waals surface area contributed by atoms with Crippen molar-refractivity contribution in [2.45, 2.75) is 83.5 Å². The highest BCUT2D eigenvalue weighted by atomic mass is 16.4. The monoisotopic (exact) mass is 252 g/mol. The fourth-order valence-electron chi connectivity index (χ4n) is 4.42. The maximum Gasteiger partial charge on any atom is 0.303 e. The second-order valence-electron chi connectivity index (χ2n) is 6.51. The fraction of sp³-hybridized carbons (Fsp3) is 0.938. The van der Waals surface area contributed by atoms with E-state index in [1.165, 1.54) is 70.6 Å². The summed E-state index contributed by atoms with van der Waals surface area (Å²) in [6.07, 6.45) is 16.4. The summed E-state index contributed by atoms with van der Waals surface area (Å²) in [6, 6.07) is 0. The molecule has 2 nitrogen and oxygen atoms in total. The summed E-state index contributed by atoms with van der Waals surface area (Å²) in [5.74, 6) is 0.282. The summed E-state index contributed by atoms with van der Waals surface area (Å²) in [5.41, 5.74) is 0.522. The molecule has 0 aromatic carbocycles. The van der Waals surface area contributed by atoms with Crippen molar-refractivity contribution in [1.82, 2.24) is 0 Å². The molecule has 2 saturated carbocycles. The van der Waals surface area contributed by atoms with E-state index in [1.54, 1.807) is 0 Å². The molecule has 2 rings (SSSR count). The molecule has 2 fully saturated rings. The van der Waals surface area contributed by atoms with Crippen molar-refractivity contribution in [2.75, 3.05) is 0 Å². The molecular weight excluding hydrogens is 224 g/mol. The quantitative estimate of drug-likeness (QED) is 0.765. The van der Waals surface area contributed by atoms with Crippen LogP contribution < -0.4 is 0 Å². The Labute approximate surface area is 111 Å². The van der Waals surface area contributed by atoms with Gasteiger partial charge < -0.3 is 5.11 Å². The van der Waals surface area contributed by atoms with E-state index in [2.05, 4.69) is 0 Å². The van der Waals surface area contributed by atoms with Crippen molar-refractivity contribution in [1.29, 1.82) is 0 Å². The first-order chi connectivity index (χ1) is 8.73. The highest BCUT2D eigenvalue weighted by molar-refractivity contribution is 5.66. The largest absolute Gasteiger partial charge is 0.481 e. The number of carboxylic acid groups (broad SMARTS) is 1. The third-order valence-electron chi connectivity index (χ3n) is 5.39. The molecule has 0 heterocycles. The number of rotatable bonds is 5. The average molecular weight is 252 g/mol. The Morgan fingerprint density at radius 3 is 2.22 bits per heavy atom.